The third-order valence-corrected chi connectivity index (χ3v) is 4.30. The molecule has 0 aromatic carbocycles. The Labute approximate surface area is 172 Å². The molecule has 172 valence electrons. The first-order chi connectivity index (χ1) is 14.4. The minimum atomic E-state index is -3.32. The van der Waals surface area contributed by atoms with E-state index in [-0.39, 0.29) is 11.3 Å². The summed E-state index contributed by atoms with van der Waals surface area (Å²) in [7, 11) is 0. The predicted molar refractivity (Wildman–Crippen MR) is 95.6 cm³/mol. The van der Waals surface area contributed by atoms with Gasteiger partial charge in [0, 0.05) is 17.3 Å². The summed E-state index contributed by atoms with van der Waals surface area (Å²) in [5.41, 5.74) is 2.73. The number of rotatable bonds is 10. The third kappa shape index (κ3) is 6.74. The number of hydrogen-bond acceptors (Lipinski definition) is 4. The fourth-order valence-electron chi connectivity index (χ4n) is 2.76. The molecule has 2 aromatic rings. The molecule has 4 nitrogen and oxygen atoms in total. The molecule has 0 spiro atoms. The number of halogens is 8. The van der Waals surface area contributed by atoms with Crippen molar-refractivity contribution < 1.29 is 39.9 Å². The zero-order valence-electron chi connectivity index (χ0n) is 16.1. The van der Waals surface area contributed by atoms with E-state index < -0.39 is 67.3 Å². The molecule has 2 N–H and O–H groups in total. The Morgan fingerprint density at radius 3 is 2.16 bits per heavy atom. The van der Waals surface area contributed by atoms with Crippen molar-refractivity contribution in [2.45, 2.75) is 44.6 Å². The summed E-state index contributed by atoms with van der Waals surface area (Å²) in [6.07, 6.45) is -12.4. The SMILES string of the molecule is CC(N)(COc1ccc(-c2ccnc(C(F)F)c2)nc1C(F)F)CC(C(F)F)C(F)F. The Kier molecular flexibility index (Phi) is 8.15. The first-order valence-corrected chi connectivity index (χ1v) is 8.93. The van der Waals surface area contributed by atoms with Crippen molar-refractivity contribution >= 4 is 0 Å². The van der Waals surface area contributed by atoms with Crippen LogP contribution >= 0.6 is 0 Å². The van der Waals surface area contributed by atoms with Gasteiger partial charge in [-0.1, -0.05) is 0 Å². The fraction of sp³-hybridized carbons (Fsp3) is 0.474. The van der Waals surface area contributed by atoms with E-state index in [0.717, 1.165) is 18.3 Å². The van der Waals surface area contributed by atoms with E-state index in [9.17, 15) is 35.1 Å². The number of nitrogens with zero attached hydrogens (tertiary/aromatic N) is 2. The molecule has 0 saturated heterocycles. The molecule has 2 rings (SSSR count). The predicted octanol–water partition coefficient (Wildman–Crippen LogP) is 5.65. The molecular formula is C19H19F8N3O. The van der Waals surface area contributed by atoms with E-state index >= 15 is 0 Å². The lowest BCUT2D eigenvalue weighted by atomic mass is 9.91. The summed E-state index contributed by atoms with van der Waals surface area (Å²) in [5.74, 6) is -2.74. The highest BCUT2D eigenvalue weighted by Crippen LogP contribution is 2.33. The molecule has 0 aliphatic heterocycles. The smallest absolute Gasteiger partial charge is 0.284 e. The highest BCUT2D eigenvalue weighted by atomic mass is 19.3. The molecule has 0 aliphatic rings. The molecule has 12 heteroatoms. The Balaban J connectivity index is 2.23. The highest BCUT2D eigenvalue weighted by Gasteiger charge is 2.36. The number of alkyl halides is 8. The Hall–Kier alpha value is -2.50. The fourth-order valence-corrected chi connectivity index (χ4v) is 2.76. The number of pyridine rings is 2. The average Bonchev–Trinajstić information content (AvgIpc) is 2.70. The van der Waals surface area contributed by atoms with E-state index in [1.54, 1.807) is 0 Å². The van der Waals surface area contributed by atoms with Crippen molar-refractivity contribution in [2.24, 2.45) is 11.7 Å². The molecule has 1 atom stereocenters. The quantitative estimate of drug-likeness (QED) is 0.469. The van der Waals surface area contributed by atoms with Crippen molar-refractivity contribution in [3.05, 3.63) is 41.9 Å². The summed E-state index contributed by atoms with van der Waals surface area (Å²) >= 11 is 0. The third-order valence-electron chi connectivity index (χ3n) is 4.30. The van der Waals surface area contributed by atoms with Gasteiger partial charge < -0.3 is 10.5 Å². The van der Waals surface area contributed by atoms with E-state index in [1.807, 2.05) is 0 Å². The summed E-state index contributed by atoms with van der Waals surface area (Å²) in [6.45, 7) is 0.561. The second kappa shape index (κ2) is 10.2. The van der Waals surface area contributed by atoms with Gasteiger partial charge in [0.1, 0.15) is 23.7 Å². The minimum Gasteiger partial charge on any atom is -0.490 e. The van der Waals surface area contributed by atoms with Crippen LogP contribution in [-0.2, 0) is 0 Å². The number of nitrogens with two attached hydrogens (primary N) is 1. The van der Waals surface area contributed by atoms with Gasteiger partial charge in [-0.15, -0.1) is 0 Å². The van der Waals surface area contributed by atoms with Gasteiger partial charge in [-0.2, -0.15) is 0 Å². The molecule has 0 aliphatic carbocycles. The molecule has 31 heavy (non-hydrogen) atoms. The topological polar surface area (TPSA) is 61.0 Å². The van der Waals surface area contributed by atoms with Gasteiger partial charge in [-0.05, 0) is 37.6 Å². The van der Waals surface area contributed by atoms with Crippen LogP contribution < -0.4 is 10.5 Å². The molecule has 2 heterocycles. The maximum Gasteiger partial charge on any atom is 0.284 e. The van der Waals surface area contributed by atoms with Crippen LogP contribution in [0, 0.1) is 5.92 Å². The van der Waals surface area contributed by atoms with Crippen LogP contribution in [0.4, 0.5) is 35.1 Å². The number of hydrogen-bond donors (Lipinski definition) is 1. The average molecular weight is 457 g/mol. The summed E-state index contributed by atoms with van der Waals surface area (Å²) in [4.78, 5) is 7.21. The van der Waals surface area contributed by atoms with Gasteiger partial charge in [0.05, 0.1) is 11.6 Å². The van der Waals surface area contributed by atoms with Crippen LogP contribution in [0.15, 0.2) is 30.5 Å². The molecule has 0 amide bonds. The van der Waals surface area contributed by atoms with Crippen molar-refractivity contribution in [3.63, 3.8) is 0 Å². The van der Waals surface area contributed by atoms with E-state index in [1.165, 1.54) is 19.1 Å². The molecule has 0 radical (unpaired) electrons. The van der Waals surface area contributed by atoms with Crippen molar-refractivity contribution in [2.75, 3.05) is 6.61 Å². The van der Waals surface area contributed by atoms with Crippen molar-refractivity contribution in [3.8, 4) is 17.0 Å². The second-order valence-corrected chi connectivity index (χ2v) is 7.13. The van der Waals surface area contributed by atoms with Gasteiger partial charge in [0.25, 0.3) is 12.9 Å². The molecule has 0 bridgehead atoms. The lowest BCUT2D eigenvalue weighted by Crippen LogP contribution is -2.46. The summed E-state index contributed by atoms with van der Waals surface area (Å²) in [5, 5.41) is 0. The van der Waals surface area contributed by atoms with Crippen LogP contribution in [0.2, 0.25) is 0 Å². The van der Waals surface area contributed by atoms with Crippen LogP contribution in [-0.4, -0.2) is 35.0 Å². The molecule has 1 unspecified atom stereocenters. The van der Waals surface area contributed by atoms with Gasteiger partial charge in [0.15, 0.2) is 0 Å². The number of ether oxygens (including phenoxy) is 1. The van der Waals surface area contributed by atoms with E-state index in [4.69, 9.17) is 10.5 Å². The molecule has 0 saturated carbocycles. The summed E-state index contributed by atoms with van der Waals surface area (Å²) in [6, 6.07) is 4.60. The molecule has 2 aromatic heterocycles. The summed E-state index contributed by atoms with van der Waals surface area (Å²) < 4.78 is 109. The van der Waals surface area contributed by atoms with E-state index in [0.29, 0.717) is 0 Å². The zero-order chi connectivity index (χ0) is 23.3. The minimum absolute atomic E-state index is 0.0575. The Morgan fingerprint density at radius 1 is 0.968 bits per heavy atom. The van der Waals surface area contributed by atoms with Gasteiger partial charge >= 0.3 is 0 Å². The van der Waals surface area contributed by atoms with Crippen LogP contribution in [0.5, 0.6) is 5.75 Å². The van der Waals surface area contributed by atoms with Crippen LogP contribution in [0.25, 0.3) is 11.3 Å². The molecule has 0 fully saturated rings. The Morgan fingerprint density at radius 2 is 1.61 bits per heavy atom. The Bertz CT molecular complexity index is 856. The molecular weight excluding hydrogens is 438 g/mol. The maximum atomic E-state index is 13.5. The van der Waals surface area contributed by atoms with E-state index in [2.05, 4.69) is 9.97 Å². The van der Waals surface area contributed by atoms with Crippen molar-refractivity contribution in [1.29, 1.82) is 0 Å². The van der Waals surface area contributed by atoms with Gasteiger partial charge in [-0.25, -0.2) is 40.1 Å². The second-order valence-electron chi connectivity index (χ2n) is 7.13. The largest absolute Gasteiger partial charge is 0.490 e. The lowest BCUT2D eigenvalue weighted by molar-refractivity contribution is -0.0423. The lowest BCUT2D eigenvalue weighted by Gasteiger charge is -2.29. The van der Waals surface area contributed by atoms with Crippen molar-refractivity contribution in [1.82, 2.24) is 9.97 Å². The van der Waals surface area contributed by atoms with Gasteiger partial charge in [-0.3, -0.25) is 4.98 Å². The standard InChI is InChI=1S/C19H19F8N3O/c1-19(28,7-10(15(20)21)16(22)23)8-31-13-3-2-11(30-14(13)18(26)27)9-4-5-29-12(6-9)17(24)25/h2-6,10,15-18H,7-8,28H2,1H3. The van der Waals surface area contributed by atoms with Gasteiger partial charge in [0.2, 0.25) is 12.9 Å². The van der Waals surface area contributed by atoms with Crippen LogP contribution in [0.1, 0.15) is 37.6 Å². The highest BCUT2D eigenvalue weighted by molar-refractivity contribution is 5.60. The maximum absolute atomic E-state index is 13.5. The monoisotopic (exact) mass is 457 g/mol. The first-order valence-electron chi connectivity index (χ1n) is 8.93. The number of aromatic nitrogens is 2. The zero-order valence-corrected chi connectivity index (χ0v) is 16.1. The normalized spacial score (nSPS) is 14.2. The van der Waals surface area contributed by atoms with Crippen LogP contribution in [0.3, 0.4) is 0 Å². The first kappa shape index (κ1) is 24.8.